The molecule has 2 nitrogen and oxygen atoms in total. The summed E-state index contributed by atoms with van der Waals surface area (Å²) in [4.78, 5) is 0. The number of hydrazine groups is 1. The molecular weight excluding hydrogens is 210 g/mol. The molecule has 2 N–H and O–H groups in total. The van der Waals surface area contributed by atoms with Gasteiger partial charge in [0.2, 0.25) is 0 Å². The van der Waals surface area contributed by atoms with E-state index in [4.69, 9.17) is 5.84 Å². The smallest absolute Gasteiger partial charge is 0.129 e. The van der Waals surface area contributed by atoms with Crippen LogP contribution in [0.25, 0.3) is 0 Å². The Morgan fingerprint density at radius 3 is 2.56 bits per heavy atom. The van der Waals surface area contributed by atoms with Crippen molar-refractivity contribution in [1.82, 2.24) is 5.01 Å². The zero-order valence-corrected chi connectivity index (χ0v) is 9.13. The number of nitrogens with zero attached hydrogens (tertiary/aromatic N) is 1. The van der Waals surface area contributed by atoms with E-state index in [0.29, 0.717) is 17.9 Å². The molecule has 88 valence electrons. The third-order valence-corrected chi connectivity index (χ3v) is 3.17. The molecular formula is C12H16F2N2. The molecule has 0 amide bonds. The van der Waals surface area contributed by atoms with E-state index >= 15 is 0 Å². The Hall–Kier alpha value is -1.00. The van der Waals surface area contributed by atoms with Crippen molar-refractivity contribution in [2.75, 3.05) is 13.1 Å². The van der Waals surface area contributed by atoms with Gasteiger partial charge in [-0.25, -0.2) is 13.8 Å². The van der Waals surface area contributed by atoms with Crippen molar-refractivity contribution >= 4 is 0 Å². The standard InChI is InChI=1S/C12H16F2N2/c13-11-2-1-10(12(14)8-11)7-9-3-5-16(15)6-4-9/h1-2,8-9H,3-7,15H2. The Morgan fingerprint density at radius 1 is 1.25 bits per heavy atom. The van der Waals surface area contributed by atoms with Gasteiger partial charge in [-0.3, -0.25) is 5.84 Å². The molecule has 1 aromatic carbocycles. The van der Waals surface area contributed by atoms with E-state index in [9.17, 15) is 8.78 Å². The largest absolute Gasteiger partial charge is 0.269 e. The van der Waals surface area contributed by atoms with E-state index in [-0.39, 0.29) is 0 Å². The van der Waals surface area contributed by atoms with Crippen molar-refractivity contribution in [1.29, 1.82) is 0 Å². The number of piperidine rings is 1. The van der Waals surface area contributed by atoms with Crippen molar-refractivity contribution in [2.24, 2.45) is 11.8 Å². The fourth-order valence-corrected chi connectivity index (χ4v) is 2.16. The normalized spacial score (nSPS) is 18.9. The van der Waals surface area contributed by atoms with E-state index in [2.05, 4.69) is 0 Å². The topological polar surface area (TPSA) is 29.3 Å². The Kier molecular flexibility index (Phi) is 3.51. The van der Waals surface area contributed by atoms with E-state index < -0.39 is 11.6 Å². The van der Waals surface area contributed by atoms with Crippen LogP contribution in [0.5, 0.6) is 0 Å². The molecule has 1 aliphatic rings. The van der Waals surface area contributed by atoms with Gasteiger partial charge in [0.1, 0.15) is 11.6 Å². The first-order chi connectivity index (χ1) is 7.65. The second-order valence-corrected chi connectivity index (χ2v) is 4.42. The monoisotopic (exact) mass is 226 g/mol. The van der Waals surface area contributed by atoms with E-state index in [0.717, 1.165) is 32.0 Å². The fraction of sp³-hybridized carbons (Fsp3) is 0.500. The zero-order chi connectivity index (χ0) is 11.5. The van der Waals surface area contributed by atoms with Crippen LogP contribution in [0.3, 0.4) is 0 Å². The van der Waals surface area contributed by atoms with Crippen LogP contribution in [0.2, 0.25) is 0 Å². The quantitative estimate of drug-likeness (QED) is 0.782. The summed E-state index contributed by atoms with van der Waals surface area (Å²) in [5.74, 6) is 5.16. The lowest BCUT2D eigenvalue weighted by Crippen LogP contribution is -2.39. The maximum atomic E-state index is 13.4. The van der Waals surface area contributed by atoms with Gasteiger partial charge < -0.3 is 0 Å². The van der Waals surface area contributed by atoms with Gasteiger partial charge in [-0.1, -0.05) is 6.07 Å². The Balaban J connectivity index is 1.98. The van der Waals surface area contributed by atoms with Gasteiger partial charge in [0.05, 0.1) is 0 Å². The summed E-state index contributed by atoms with van der Waals surface area (Å²) < 4.78 is 26.1. The number of hydrogen-bond donors (Lipinski definition) is 1. The molecule has 1 heterocycles. The predicted molar refractivity (Wildman–Crippen MR) is 58.5 cm³/mol. The molecule has 1 fully saturated rings. The molecule has 1 aromatic rings. The number of nitrogens with two attached hydrogens (primary N) is 1. The first-order valence-electron chi connectivity index (χ1n) is 5.58. The highest BCUT2D eigenvalue weighted by Crippen LogP contribution is 2.22. The van der Waals surface area contributed by atoms with Gasteiger partial charge in [-0.15, -0.1) is 0 Å². The molecule has 0 atom stereocenters. The summed E-state index contributed by atoms with van der Waals surface area (Å²) >= 11 is 0. The summed E-state index contributed by atoms with van der Waals surface area (Å²) in [7, 11) is 0. The van der Waals surface area contributed by atoms with Crippen molar-refractivity contribution in [3.05, 3.63) is 35.4 Å². The van der Waals surface area contributed by atoms with Crippen LogP contribution in [0.4, 0.5) is 8.78 Å². The van der Waals surface area contributed by atoms with Crippen molar-refractivity contribution in [3.8, 4) is 0 Å². The van der Waals surface area contributed by atoms with Crippen LogP contribution in [0.1, 0.15) is 18.4 Å². The summed E-state index contributed by atoms with van der Waals surface area (Å²) in [6.45, 7) is 1.71. The Morgan fingerprint density at radius 2 is 1.94 bits per heavy atom. The van der Waals surface area contributed by atoms with Crippen LogP contribution in [0, 0.1) is 17.6 Å². The number of rotatable bonds is 2. The van der Waals surface area contributed by atoms with E-state index in [1.807, 2.05) is 0 Å². The van der Waals surface area contributed by atoms with Crippen LogP contribution in [-0.2, 0) is 6.42 Å². The fourth-order valence-electron chi connectivity index (χ4n) is 2.16. The van der Waals surface area contributed by atoms with Crippen molar-refractivity contribution < 1.29 is 8.78 Å². The molecule has 16 heavy (non-hydrogen) atoms. The minimum absolute atomic E-state index is 0.435. The molecule has 1 aliphatic heterocycles. The first kappa shape index (κ1) is 11.5. The second kappa shape index (κ2) is 4.89. The number of hydrogen-bond acceptors (Lipinski definition) is 2. The lowest BCUT2D eigenvalue weighted by atomic mass is 9.90. The van der Waals surface area contributed by atoms with Crippen molar-refractivity contribution in [3.63, 3.8) is 0 Å². The van der Waals surface area contributed by atoms with E-state index in [1.54, 1.807) is 11.1 Å². The molecule has 0 spiro atoms. The molecule has 0 unspecified atom stereocenters. The minimum atomic E-state index is -0.516. The van der Waals surface area contributed by atoms with Gasteiger partial charge in [0.15, 0.2) is 0 Å². The van der Waals surface area contributed by atoms with Crippen LogP contribution in [0.15, 0.2) is 18.2 Å². The zero-order valence-electron chi connectivity index (χ0n) is 9.13. The third kappa shape index (κ3) is 2.77. The molecule has 0 aromatic heterocycles. The SMILES string of the molecule is NN1CCC(Cc2ccc(F)cc2F)CC1. The maximum absolute atomic E-state index is 13.4. The first-order valence-corrected chi connectivity index (χ1v) is 5.58. The average Bonchev–Trinajstić information content (AvgIpc) is 2.25. The highest BCUT2D eigenvalue weighted by Gasteiger charge is 2.18. The van der Waals surface area contributed by atoms with Gasteiger partial charge in [0.25, 0.3) is 0 Å². The summed E-state index contributed by atoms with van der Waals surface area (Å²) in [5.41, 5.74) is 0.608. The van der Waals surface area contributed by atoms with Crippen LogP contribution in [-0.4, -0.2) is 18.1 Å². The number of halogens is 2. The van der Waals surface area contributed by atoms with Crippen LogP contribution >= 0.6 is 0 Å². The van der Waals surface area contributed by atoms with Gasteiger partial charge in [-0.05, 0) is 36.8 Å². The third-order valence-electron chi connectivity index (χ3n) is 3.17. The molecule has 0 radical (unpaired) electrons. The molecule has 0 saturated carbocycles. The molecule has 2 rings (SSSR count). The average molecular weight is 226 g/mol. The number of benzene rings is 1. The van der Waals surface area contributed by atoms with Gasteiger partial charge in [-0.2, -0.15) is 0 Å². The highest BCUT2D eigenvalue weighted by atomic mass is 19.1. The molecule has 1 saturated heterocycles. The van der Waals surface area contributed by atoms with Crippen molar-refractivity contribution in [2.45, 2.75) is 19.3 Å². The maximum Gasteiger partial charge on any atom is 0.129 e. The summed E-state index contributed by atoms with van der Waals surface area (Å²) in [5, 5.41) is 1.79. The Bertz CT molecular complexity index is 360. The Labute approximate surface area is 94.0 Å². The lowest BCUT2D eigenvalue weighted by molar-refractivity contribution is 0.187. The molecule has 0 bridgehead atoms. The summed E-state index contributed by atoms with van der Waals surface area (Å²) in [6, 6.07) is 3.81. The van der Waals surface area contributed by atoms with Gasteiger partial charge >= 0.3 is 0 Å². The van der Waals surface area contributed by atoms with Crippen LogP contribution < -0.4 is 5.84 Å². The van der Waals surface area contributed by atoms with E-state index in [1.165, 1.54) is 6.07 Å². The van der Waals surface area contributed by atoms with Gasteiger partial charge in [0, 0.05) is 19.2 Å². The highest BCUT2D eigenvalue weighted by molar-refractivity contribution is 5.19. The lowest BCUT2D eigenvalue weighted by Gasteiger charge is -2.28. The summed E-state index contributed by atoms with van der Waals surface area (Å²) in [6.07, 6.45) is 2.64. The minimum Gasteiger partial charge on any atom is -0.269 e. The second-order valence-electron chi connectivity index (χ2n) is 4.42. The molecule has 4 heteroatoms. The predicted octanol–water partition coefficient (Wildman–Crippen LogP) is 2.09. The molecule has 0 aliphatic carbocycles.